The van der Waals surface area contributed by atoms with Gasteiger partial charge in [-0.25, -0.2) is 9.78 Å². The van der Waals surface area contributed by atoms with Crippen LogP contribution in [0.1, 0.15) is 38.1 Å². The Hall–Kier alpha value is -4.18. The van der Waals surface area contributed by atoms with Crippen molar-refractivity contribution in [3.8, 4) is 11.5 Å². The minimum Gasteiger partial charge on any atom is -0.507 e. The number of aliphatic hydroxyl groups is 1. The van der Waals surface area contributed by atoms with Crippen LogP contribution in [0, 0.1) is 13.8 Å². The molecular weight excluding hydrogens is 484 g/mol. The molecule has 36 heavy (non-hydrogen) atoms. The number of Topliss-reactive ketones (excluding diaryl/α,β-unsaturated/α-hetero) is 1. The molecule has 2 aromatic carbocycles. The Bertz CT molecular complexity index is 1390. The molecule has 0 saturated carbocycles. The van der Waals surface area contributed by atoms with Crippen LogP contribution in [0.3, 0.4) is 0 Å². The molecule has 1 saturated heterocycles. The first-order valence-electron chi connectivity index (χ1n) is 10.9. The fourth-order valence-corrected chi connectivity index (χ4v) is 5.09. The molecule has 1 unspecified atom stereocenters. The number of methoxy groups -OCH3 is 3. The molecule has 1 aromatic heterocycles. The number of carbonyl (C=O) groups is 3. The molecule has 10 heteroatoms. The highest BCUT2D eigenvalue weighted by atomic mass is 32.1. The van der Waals surface area contributed by atoms with E-state index in [0.29, 0.717) is 28.3 Å². The summed E-state index contributed by atoms with van der Waals surface area (Å²) >= 11 is 0.940. The molecule has 0 bridgehead atoms. The van der Waals surface area contributed by atoms with E-state index in [-0.39, 0.29) is 21.3 Å². The average Bonchev–Trinajstić information content (AvgIpc) is 3.39. The zero-order chi connectivity index (χ0) is 26.1. The smallest absolute Gasteiger partial charge is 0.350 e. The minimum atomic E-state index is -0.991. The van der Waals surface area contributed by atoms with Crippen LogP contribution in [0.25, 0.3) is 5.76 Å². The molecule has 1 aliphatic rings. The lowest BCUT2D eigenvalue weighted by Gasteiger charge is -2.23. The second kappa shape index (κ2) is 9.82. The zero-order valence-electron chi connectivity index (χ0n) is 20.3. The van der Waals surface area contributed by atoms with E-state index >= 15 is 0 Å². The number of aromatic nitrogens is 1. The van der Waals surface area contributed by atoms with Crippen LogP contribution in [0.5, 0.6) is 11.5 Å². The van der Waals surface area contributed by atoms with Crippen LogP contribution >= 0.6 is 11.3 Å². The number of hydrogen-bond donors (Lipinski definition) is 1. The molecule has 1 aliphatic heterocycles. The van der Waals surface area contributed by atoms with Crippen molar-refractivity contribution in [1.82, 2.24) is 4.98 Å². The first kappa shape index (κ1) is 24.9. The largest absolute Gasteiger partial charge is 0.507 e. The van der Waals surface area contributed by atoms with Crippen molar-refractivity contribution in [2.45, 2.75) is 19.9 Å². The Balaban J connectivity index is 1.93. The van der Waals surface area contributed by atoms with E-state index in [1.165, 1.54) is 26.2 Å². The number of thiazole rings is 1. The van der Waals surface area contributed by atoms with Crippen LogP contribution in [0.4, 0.5) is 5.13 Å². The Labute approximate surface area is 211 Å². The van der Waals surface area contributed by atoms with Gasteiger partial charge in [0.15, 0.2) is 5.13 Å². The topological polar surface area (TPSA) is 115 Å². The van der Waals surface area contributed by atoms with Crippen molar-refractivity contribution >= 4 is 39.9 Å². The third-order valence-electron chi connectivity index (χ3n) is 5.91. The molecule has 2 heterocycles. The SMILES string of the molecule is COC(=O)c1sc(N2C(=O)C(=O)C(=C(O)c3ccc(OC)c(C)c3)C2c2ccc(OC)cc2)nc1C. The molecule has 1 amide bonds. The Morgan fingerprint density at radius 1 is 1.03 bits per heavy atom. The maximum Gasteiger partial charge on any atom is 0.350 e. The van der Waals surface area contributed by atoms with Crippen molar-refractivity contribution in [2.75, 3.05) is 26.2 Å². The standard InChI is InChI=1S/C26H24N2O7S/c1-13-12-16(8-11-18(13)34-4)21(29)19-20(15-6-9-17(33-3)10-7-15)28(24(31)22(19)30)26-27-14(2)23(36-26)25(32)35-5/h6-12,20,29H,1-5H3. The van der Waals surface area contributed by atoms with Gasteiger partial charge in [-0.2, -0.15) is 0 Å². The zero-order valence-corrected chi connectivity index (χ0v) is 21.1. The van der Waals surface area contributed by atoms with Crippen LogP contribution in [-0.2, 0) is 14.3 Å². The second-order valence-electron chi connectivity index (χ2n) is 8.03. The molecular formula is C26H24N2O7S. The fourth-order valence-electron chi connectivity index (χ4n) is 4.08. The molecule has 1 fully saturated rings. The van der Waals surface area contributed by atoms with Gasteiger partial charge in [0.2, 0.25) is 0 Å². The van der Waals surface area contributed by atoms with E-state index < -0.39 is 23.7 Å². The van der Waals surface area contributed by atoms with Gasteiger partial charge < -0.3 is 19.3 Å². The van der Waals surface area contributed by atoms with Crippen molar-refractivity contribution in [1.29, 1.82) is 0 Å². The fraction of sp³-hybridized carbons (Fsp3) is 0.231. The van der Waals surface area contributed by atoms with Gasteiger partial charge in [-0.1, -0.05) is 23.5 Å². The Morgan fingerprint density at radius 3 is 2.31 bits per heavy atom. The number of hydrogen-bond acceptors (Lipinski definition) is 9. The molecule has 9 nitrogen and oxygen atoms in total. The summed E-state index contributed by atoms with van der Waals surface area (Å²) in [5.41, 5.74) is 1.92. The molecule has 3 aromatic rings. The lowest BCUT2D eigenvalue weighted by molar-refractivity contribution is -0.132. The summed E-state index contributed by atoms with van der Waals surface area (Å²) in [7, 11) is 4.32. The minimum absolute atomic E-state index is 0.0952. The Kier molecular flexibility index (Phi) is 6.80. The monoisotopic (exact) mass is 508 g/mol. The number of ketones is 1. The van der Waals surface area contributed by atoms with Crippen LogP contribution < -0.4 is 14.4 Å². The van der Waals surface area contributed by atoms with Gasteiger partial charge in [0.25, 0.3) is 5.78 Å². The predicted octanol–water partition coefficient (Wildman–Crippen LogP) is 4.19. The van der Waals surface area contributed by atoms with Gasteiger partial charge in [-0.3, -0.25) is 14.5 Å². The number of aryl methyl sites for hydroxylation is 2. The maximum atomic E-state index is 13.3. The summed E-state index contributed by atoms with van der Waals surface area (Å²) < 4.78 is 15.3. The third-order valence-corrected chi connectivity index (χ3v) is 7.04. The van der Waals surface area contributed by atoms with Crippen LogP contribution in [0.15, 0.2) is 48.0 Å². The van der Waals surface area contributed by atoms with Gasteiger partial charge in [0.1, 0.15) is 22.1 Å². The van der Waals surface area contributed by atoms with Gasteiger partial charge in [-0.05, 0) is 55.3 Å². The molecule has 1 N–H and O–H groups in total. The van der Waals surface area contributed by atoms with E-state index in [1.807, 2.05) is 6.92 Å². The first-order chi connectivity index (χ1) is 17.2. The lowest BCUT2D eigenvalue weighted by Crippen LogP contribution is -2.29. The summed E-state index contributed by atoms with van der Waals surface area (Å²) in [4.78, 5) is 44.6. The molecule has 186 valence electrons. The van der Waals surface area contributed by atoms with E-state index in [9.17, 15) is 19.5 Å². The normalized spacial score (nSPS) is 16.8. The lowest BCUT2D eigenvalue weighted by atomic mass is 9.95. The molecule has 1 atom stereocenters. The van der Waals surface area contributed by atoms with E-state index in [1.54, 1.807) is 49.4 Å². The van der Waals surface area contributed by atoms with E-state index in [2.05, 4.69) is 4.98 Å². The number of amides is 1. The van der Waals surface area contributed by atoms with Crippen molar-refractivity contribution in [3.63, 3.8) is 0 Å². The van der Waals surface area contributed by atoms with Crippen LogP contribution in [0.2, 0.25) is 0 Å². The molecule has 0 radical (unpaired) electrons. The van der Waals surface area contributed by atoms with Crippen molar-refractivity contribution in [2.24, 2.45) is 0 Å². The highest BCUT2D eigenvalue weighted by Crippen LogP contribution is 2.44. The number of anilines is 1. The Morgan fingerprint density at radius 2 is 1.72 bits per heavy atom. The van der Waals surface area contributed by atoms with Gasteiger partial charge in [0.05, 0.1) is 38.6 Å². The third kappa shape index (κ3) is 4.20. The summed E-state index contributed by atoms with van der Waals surface area (Å²) in [5, 5.41) is 11.4. The highest BCUT2D eigenvalue weighted by Gasteiger charge is 2.48. The van der Waals surface area contributed by atoms with E-state index in [4.69, 9.17) is 14.2 Å². The van der Waals surface area contributed by atoms with E-state index in [0.717, 1.165) is 16.9 Å². The summed E-state index contributed by atoms with van der Waals surface area (Å²) in [6.07, 6.45) is 0. The van der Waals surface area contributed by atoms with Gasteiger partial charge in [-0.15, -0.1) is 0 Å². The van der Waals surface area contributed by atoms with Crippen LogP contribution in [-0.4, -0.2) is 49.1 Å². The molecule has 0 spiro atoms. The highest BCUT2D eigenvalue weighted by molar-refractivity contribution is 7.17. The molecule has 4 rings (SSSR count). The second-order valence-corrected chi connectivity index (χ2v) is 9.01. The quantitative estimate of drug-likeness (QED) is 0.228. The maximum absolute atomic E-state index is 13.3. The summed E-state index contributed by atoms with van der Waals surface area (Å²) in [6.45, 7) is 3.42. The predicted molar refractivity (Wildman–Crippen MR) is 134 cm³/mol. The average molecular weight is 509 g/mol. The number of nitrogens with zero attached hydrogens (tertiary/aromatic N) is 2. The molecule has 0 aliphatic carbocycles. The number of benzene rings is 2. The number of aliphatic hydroxyl groups excluding tert-OH is 1. The number of ether oxygens (including phenoxy) is 3. The summed E-state index contributed by atoms with van der Waals surface area (Å²) in [6, 6.07) is 10.8. The van der Waals surface area contributed by atoms with Crippen molar-refractivity contribution in [3.05, 3.63) is 75.3 Å². The van der Waals surface area contributed by atoms with Gasteiger partial charge >= 0.3 is 11.9 Å². The first-order valence-corrected chi connectivity index (χ1v) is 11.7. The van der Waals surface area contributed by atoms with Gasteiger partial charge in [0, 0.05) is 5.56 Å². The number of esters is 1. The number of rotatable bonds is 6. The summed E-state index contributed by atoms with van der Waals surface area (Å²) in [5.74, 6) is -1.46. The van der Waals surface area contributed by atoms with Crippen molar-refractivity contribution < 1.29 is 33.7 Å². The number of carbonyl (C=O) groups excluding carboxylic acids is 3.